The summed E-state index contributed by atoms with van der Waals surface area (Å²) in [7, 11) is -3.31. The zero-order valence-electron chi connectivity index (χ0n) is 22.7. The number of benzene rings is 2. The lowest BCUT2D eigenvalue weighted by atomic mass is 9.80. The van der Waals surface area contributed by atoms with Crippen molar-refractivity contribution < 1.29 is 17.9 Å². The number of rotatable bonds is 8. The Labute approximate surface area is 221 Å². The number of nitrogens with zero attached hydrogens (tertiary/aromatic N) is 1. The molecule has 2 aromatic rings. The SMILES string of the molecule is CCC1(c2cccc(NS(C)(=O)=O)c2)C2CN(CCC3(C(=O)OC(C)(C)C)Cc4ccccc4C3)CC21. The minimum absolute atomic E-state index is 0.0707. The topological polar surface area (TPSA) is 75.7 Å². The average Bonchev–Trinajstić information content (AvgIpc) is 3.11. The number of sulfonamides is 1. The van der Waals surface area contributed by atoms with Gasteiger partial charge in [-0.1, -0.05) is 43.3 Å². The number of carbonyl (C=O) groups excluding carboxylic acids is 1. The summed E-state index contributed by atoms with van der Waals surface area (Å²) >= 11 is 0. The van der Waals surface area contributed by atoms with Gasteiger partial charge >= 0.3 is 5.97 Å². The third-order valence-corrected chi connectivity index (χ3v) is 9.42. The van der Waals surface area contributed by atoms with Crippen molar-refractivity contribution in [1.82, 2.24) is 4.90 Å². The molecule has 0 spiro atoms. The molecule has 2 aromatic carbocycles. The molecule has 1 saturated heterocycles. The van der Waals surface area contributed by atoms with E-state index in [0.717, 1.165) is 45.3 Å². The Bertz CT molecular complexity index is 1260. The van der Waals surface area contributed by atoms with E-state index in [4.69, 9.17) is 4.74 Å². The largest absolute Gasteiger partial charge is 0.460 e. The molecule has 200 valence electrons. The molecule has 1 aliphatic heterocycles. The van der Waals surface area contributed by atoms with E-state index in [2.05, 4.69) is 46.9 Å². The predicted molar refractivity (Wildman–Crippen MR) is 147 cm³/mol. The van der Waals surface area contributed by atoms with Gasteiger partial charge in [0, 0.05) is 24.2 Å². The van der Waals surface area contributed by atoms with Crippen LogP contribution in [0.2, 0.25) is 0 Å². The van der Waals surface area contributed by atoms with Crippen LogP contribution in [0.25, 0.3) is 0 Å². The molecule has 1 saturated carbocycles. The minimum atomic E-state index is -3.31. The van der Waals surface area contributed by atoms with Crippen LogP contribution in [-0.2, 0) is 37.8 Å². The number of carbonyl (C=O) groups is 1. The standard InChI is InChI=1S/C30H40N2O4S/c1-6-30(23-12-9-13-24(16-23)31-37(5,34)35)25-19-32(20-26(25)30)15-14-29(27(33)36-28(2,3)4)17-21-10-7-8-11-22(21)18-29/h7-13,16,25-26,31H,6,14-15,17-20H2,1-5H3. The molecule has 2 unspecified atom stereocenters. The van der Waals surface area contributed by atoms with E-state index in [1.54, 1.807) is 0 Å². The number of ether oxygens (including phenoxy) is 1. The normalized spacial score (nSPS) is 26.4. The first-order valence-electron chi connectivity index (χ1n) is 13.5. The lowest BCUT2D eigenvalue weighted by Gasteiger charge is -2.33. The van der Waals surface area contributed by atoms with Crippen molar-refractivity contribution >= 4 is 21.7 Å². The summed E-state index contributed by atoms with van der Waals surface area (Å²) in [5.41, 5.74) is 3.50. The fraction of sp³-hybridized carbons (Fsp3) is 0.567. The van der Waals surface area contributed by atoms with Crippen molar-refractivity contribution in [3.63, 3.8) is 0 Å². The van der Waals surface area contributed by atoms with Crippen LogP contribution in [-0.4, -0.2) is 50.8 Å². The van der Waals surface area contributed by atoms with Gasteiger partial charge in [-0.05, 0) is 93.7 Å². The van der Waals surface area contributed by atoms with Crippen LogP contribution in [0.3, 0.4) is 0 Å². The predicted octanol–water partition coefficient (Wildman–Crippen LogP) is 4.78. The first-order chi connectivity index (χ1) is 17.4. The van der Waals surface area contributed by atoms with E-state index in [1.165, 1.54) is 22.9 Å². The molecule has 6 nitrogen and oxygen atoms in total. The van der Waals surface area contributed by atoms with Crippen LogP contribution in [0, 0.1) is 17.3 Å². The van der Waals surface area contributed by atoms with Gasteiger partial charge in [0.2, 0.25) is 10.0 Å². The molecular weight excluding hydrogens is 484 g/mol. The van der Waals surface area contributed by atoms with E-state index >= 15 is 0 Å². The van der Waals surface area contributed by atoms with Gasteiger partial charge in [-0.2, -0.15) is 0 Å². The first-order valence-corrected chi connectivity index (χ1v) is 15.4. The molecule has 2 atom stereocenters. The van der Waals surface area contributed by atoms with Gasteiger partial charge in [0.05, 0.1) is 11.7 Å². The number of hydrogen-bond acceptors (Lipinski definition) is 5. The summed E-state index contributed by atoms with van der Waals surface area (Å²) in [5.74, 6) is 1.05. The highest BCUT2D eigenvalue weighted by atomic mass is 32.2. The first kappa shape index (κ1) is 26.2. The zero-order valence-corrected chi connectivity index (χ0v) is 23.5. The van der Waals surface area contributed by atoms with Crippen LogP contribution >= 0.6 is 0 Å². The van der Waals surface area contributed by atoms with Gasteiger partial charge in [-0.25, -0.2) is 8.42 Å². The summed E-state index contributed by atoms with van der Waals surface area (Å²) in [5, 5.41) is 0. The molecule has 5 rings (SSSR count). The van der Waals surface area contributed by atoms with Gasteiger partial charge in [-0.15, -0.1) is 0 Å². The maximum atomic E-state index is 13.5. The van der Waals surface area contributed by atoms with Crippen LogP contribution in [0.4, 0.5) is 5.69 Å². The molecule has 1 heterocycles. The second-order valence-electron chi connectivity index (χ2n) is 12.5. The van der Waals surface area contributed by atoms with Gasteiger partial charge in [0.1, 0.15) is 5.60 Å². The zero-order chi connectivity index (χ0) is 26.6. The lowest BCUT2D eigenvalue weighted by molar-refractivity contribution is -0.168. The Hall–Kier alpha value is -2.38. The molecule has 0 radical (unpaired) electrons. The van der Waals surface area contributed by atoms with E-state index in [-0.39, 0.29) is 11.4 Å². The second-order valence-corrected chi connectivity index (χ2v) is 14.2. The van der Waals surface area contributed by atoms with Crippen LogP contribution < -0.4 is 4.72 Å². The summed E-state index contributed by atoms with van der Waals surface area (Å²) < 4.78 is 32.1. The van der Waals surface area contributed by atoms with Gasteiger partial charge in [0.25, 0.3) is 0 Å². The highest BCUT2D eigenvalue weighted by molar-refractivity contribution is 7.92. The quantitative estimate of drug-likeness (QED) is 0.503. The van der Waals surface area contributed by atoms with E-state index < -0.39 is 21.0 Å². The number of fused-ring (bicyclic) bond motifs is 2. The Morgan fingerprint density at radius 3 is 2.22 bits per heavy atom. The Balaban J connectivity index is 1.27. The van der Waals surface area contributed by atoms with Crippen LogP contribution in [0.5, 0.6) is 0 Å². The molecular formula is C30H40N2O4S. The Morgan fingerprint density at radius 1 is 1.05 bits per heavy atom. The van der Waals surface area contributed by atoms with Crippen LogP contribution in [0.1, 0.15) is 57.2 Å². The maximum absolute atomic E-state index is 13.5. The monoisotopic (exact) mass is 524 g/mol. The molecule has 0 bridgehead atoms. The summed E-state index contributed by atoms with van der Waals surface area (Å²) in [4.78, 5) is 16.0. The Kier molecular flexibility index (Phi) is 6.47. The van der Waals surface area contributed by atoms with Crippen molar-refractivity contribution in [3.05, 3.63) is 65.2 Å². The van der Waals surface area contributed by atoms with Crippen molar-refractivity contribution in [3.8, 4) is 0 Å². The highest BCUT2D eigenvalue weighted by Crippen LogP contribution is 2.65. The molecule has 1 N–H and O–H groups in total. The van der Waals surface area contributed by atoms with Crippen molar-refractivity contribution in [2.45, 2.75) is 64.4 Å². The third-order valence-electron chi connectivity index (χ3n) is 8.81. The molecule has 7 heteroatoms. The smallest absolute Gasteiger partial charge is 0.313 e. The van der Waals surface area contributed by atoms with Crippen molar-refractivity contribution in [2.75, 3.05) is 30.6 Å². The van der Waals surface area contributed by atoms with Gasteiger partial charge in [0.15, 0.2) is 0 Å². The minimum Gasteiger partial charge on any atom is -0.460 e. The fourth-order valence-corrected chi connectivity index (χ4v) is 7.67. The van der Waals surface area contributed by atoms with Crippen LogP contribution in [0.15, 0.2) is 48.5 Å². The van der Waals surface area contributed by atoms with Crippen molar-refractivity contribution in [1.29, 1.82) is 0 Å². The van der Waals surface area contributed by atoms with Gasteiger partial charge < -0.3 is 9.64 Å². The fourth-order valence-electron chi connectivity index (χ4n) is 7.12. The maximum Gasteiger partial charge on any atom is 0.313 e. The summed E-state index contributed by atoms with van der Waals surface area (Å²) in [6.45, 7) is 11.0. The lowest BCUT2D eigenvalue weighted by Crippen LogP contribution is -2.41. The number of piperidine rings is 1. The molecule has 0 amide bonds. The Morgan fingerprint density at radius 2 is 1.68 bits per heavy atom. The third kappa shape index (κ3) is 5.05. The molecule has 3 aliphatic rings. The summed E-state index contributed by atoms with van der Waals surface area (Å²) in [6, 6.07) is 16.3. The highest BCUT2D eigenvalue weighted by Gasteiger charge is 2.67. The van der Waals surface area contributed by atoms with E-state index in [9.17, 15) is 13.2 Å². The number of likely N-dealkylation sites (tertiary alicyclic amines) is 1. The second kappa shape index (κ2) is 9.12. The number of esters is 1. The number of hydrogen-bond donors (Lipinski definition) is 1. The number of anilines is 1. The molecule has 0 aromatic heterocycles. The molecule has 2 fully saturated rings. The average molecular weight is 525 g/mol. The van der Waals surface area contributed by atoms with E-state index in [1.807, 2.05) is 39.0 Å². The summed E-state index contributed by atoms with van der Waals surface area (Å²) in [6.07, 6.45) is 4.51. The molecule has 37 heavy (non-hydrogen) atoms. The molecule has 2 aliphatic carbocycles. The van der Waals surface area contributed by atoms with Crippen molar-refractivity contribution in [2.24, 2.45) is 17.3 Å². The van der Waals surface area contributed by atoms with Gasteiger partial charge in [-0.3, -0.25) is 9.52 Å². The van der Waals surface area contributed by atoms with E-state index in [0.29, 0.717) is 17.5 Å². The number of nitrogens with one attached hydrogen (secondary N) is 1.